The maximum Gasteiger partial charge on any atom is 0.335 e. The number of hydrogen-bond acceptors (Lipinski definition) is 5. The van der Waals surface area contributed by atoms with E-state index in [1.54, 1.807) is 0 Å². The smallest absolute Gasteiger partial charge is 0.335 e. The molecule has 3 N–H and O–H groups in total. The molecule has 1 rings (SSSR count). The summed E-state index contributed by atoms with van der Waals surface area (Å²) in [7, 11) is 0. The Kier molecular flexibility index (Phi) is 4.81. The van der Waals surface area contributed by atoms with Gasteiger partial charge in [0.1, 0.15) is 5.69 Å². The van der Waals surface area contributed by atoms with Gasteiger partial charge >= 0.3 is 5.97 Å². The summed E-state index contributed by atoms with van der Waals surface area (Å²) in [4.78, 5) is 31.6. The Balaban J connectivity index is 2.79. The van der Waals surface area contributed by atoms with Crippen LogP contribution in [0.3, 0.4) is 0 Å². The van der Waals surface area contributed by atoms with E-state index in [-0.39, 0.29) is 22.8 Å². The van der Waals surface area contributed by atoms with Gasteiger partial charge in [0, 0.05) is 26.1 Å². The number of aromatic carboxylic acids is 1. The molecule has 1 aromatic rings. The molecule has 0 saturated heterocycles. The molecule has 0 fully saturated rings. The molecule has 0 heterocycles. The molecule has 0 aliphatic rings. The molecule has 102 valence electrons. The highest BCUT2D eigenvalue weighted by atomic mass is 16.6. The van der Waals surface area contributed by atoms with Gasteiger partial charge in [0.25, 0.3) is 5.69 Å². The number of nitrogens with zero attached hydrogens (tertiary/aromatic N) is 1. The first-order chi connectivity index (χ1) is 8.91. The third-order valence-corrected chi connectivity index (χ3v) is 2.26. The third kappa shape index (κ3) is 4.26. The van der Waals surface area contributed by atoms with Gasteiger partial charge in [-0.3, -0.25) is 14.9 Å². The van der Waals surface area contributed by atoms with E-state index in [2.05, 4.69) is 10.6 Å². The number of amides is 1. The summed E-state index contributed by atoms with van der Waals surface area (Å²) in [6, 6.07) is 3.59. The van der Waals surface area contributed by atoms with Crippen molar-refractivity contribution in [1.29, 1.82) is 0 Å². The lowest BCUT2D eigenvalue weighted by Gasteiger charge is -2.08. The number of hydrogen-bond donors (Lipinski definition) is 3. The van der Waals surface area contributed by atoms with Crippen LogP contribution in [0.4, 0.5) is 11.4 Å². The minimum atomic E-state index is -1.23. The normalized spacial score (nSPS) is 9.74. The first kappa shape index (κ1) is 14.4. The highest BCUT2D eigenvalue weighted by Gasteiger charge is 2.16. The second kappa shape index (κ2) is 6.34. The van der Waals surface area contributed by atoms with Crippen LogP contribution in [0.5, 0.6) is 0 Å². The lowest BCUT2D eigenvalue weighted by molar-refractivity contribution is -0.384. The molecule has 19 heavy (non-hydrogen) atoms. The standard InChI is InChI=1S/C11H13N3O5/c1-7(15)12-4-5-13-9-3-2-8(11(16)17)6-10(9)14(18)19/h2-3,6,13H,4-5H2,1H3,(H,12,15)(H,16,17). The summed E-state index contributed by atoms with van der Waals surface area (Å²) in [6.07, 6.45) is 0. The highest BCUT2D eigenvalue weighted by molar-refractivity contribution is 5.89. The van der Waals surface area contributed by atoms with Crippen LogP contribution in [-0.2, 0) is 4.79 Å². The Labute approximate surface area is 108 Å². The quantitative estimate of drug-likeness (QED) is 0.399. The Bertz CT molecular complexity index is 515. The van der Waals surface area contributed by atoms with Crippen LogP contribution in [0, 0.1) is 10.1 Å². The van der Waals surface area contributed by atoms with Gasteiger partial charge in [-0.15, -0.1) is 0 Å². The van der Waals surface area contributed by atoms with Crippen molar-refractivity contribution < 1.29 is 19.6 Å². The van der Waals surface area contributed by atoms with E-state index in [0.29, 0.717) is 13.1 Å². The Morgan fingerprint density at radius 3 is 2.58 bits per heavy atom. The molecule has 1 aromatic carbocycles. The maximum atomic E-state index is 10.8. The molecule has 0 saturated carbocycles. The molecular weight excluding hydrogens is 254 g/mol. The largest absolute Gasteiger partial charge is 0.478 e. The van der Waals surface area contributed by atoms with E-state index in [1.807, 2.05) is 0 Å². The van der Waals surface area contributed by atoms with Crippen molar-refractivity contribution in [3.05, 3.63) is 33.9 Å². The zero-order valence-electron chi connectivity index (χ0n) is 10.2. The van der Waals surface area contributed by atoms with Crippen LogP contribution in [0.1, 0.15) is 17.3 Å². The lowest BCUT2D eigenvalue weighted by atomic mass is 10.1. The molecule has 8 heteroatoms. The van der Waals surface area contributed by atoms with E-state index in [1.165, 1.54) is 19.1 Å². The minimum absolute atomic E-state index is 0.154. The topological polar surface area (TPSA) is 122 Å². The van der Waals surface area contributed by atoms with Crippen LogP contribution in [-0.4, -0.2) is 35.0 Å². The van der Waals surface area contributed by atoms with E-state index in [9.17, 15) is 19.7 Å². The SMILES string of the molecule is CC(=O)NCCNc1ccc(C(=O)O)cc1[N+](=O)[O-]. The number of nitro benzene ring substituents is 1. The highest BCUT2D eigenvalue weighted by Crippen LogP contribution is 2.25. The van der Waals surface area contributed by atoms with Crippen molar-refractivity contribution in [2.75, 3.05) is 18.4 Å². The van der Waals surface area contributed by atoms with Crippen LogP contribution in [0.2, 0.25) is 0 Å². The van der Waals surface area contributed by atoms with Gasteiger partial charge in [0.15, 0.2) is 0 Å². The predicted molar refractivity (Wildman–Crippen MR) is 67.2 cm³/mol. The number of benzene rings is 1. The van der Waals surface area contributed by atoms with Crippen molar-refractivity contribution in [2.24, 2.45) is 0 Å². The second-order valence-electron chi connectivity index (χ2n) is 3.70. The number of carbonyl (C=O) groups excluding carboxylic acids is 1. The fourth-order valence-corrected chi connectivity index (χ4v) is 1.40. The zero-order valence-corrected chi connectivity index (χ0v) is 10.2. The molecule has 0 radical (unpaired) electrons. The summed E-state index contributed by atoms with van der Waals surface area (Å²) in [5.74, 6) is -1.43. The molecule has 0 unspecified atom stereocenters. The van der Waals surface area contributed by atoms with Gasteiger partial charge in [-0.25, -0.2) is 4.79 Å². The number of nitro groups is 1. The predicted octanol–water partition coefficient (Wildman–Crippen LogP) is 0.841. The molecular formula is C11H13N3O5. The van der Waals surface area contributed by atoms with Crippen molar-refractivity contribution >= 4 is 23.3 Å². The van der Waals surface area contributed by atoms with Gasteiger partial charge in [-0.05, 0) is 12.1 Å². The van der Waals surface area contributed by atoms with Gasteiger partial charge in [-0.2, -0.15) is 0 Å². The van der Waals surface area contributed by atoms with Gasteiger partial charge < -0.3 is 15.7 Å². The number of carboxylic acid groups (broad SMARTS) is 1. The third-order valence-electron chi connectivity index (χ3n) is 2.26. The number of rotatable bonds is 6. The molecule has 1 amide bonds. The van der Waals surface area contributed by atoms with E-state index < -0.39 is 10.9 Å². The van der Waals surface area contributed by atoms with Gasteiger partial charge in [-0.1, -0.05) is 0 Å². The van der Waals surface area contributed by atoms with Gasteiger partial charge in [0.2, 0.25) is 5.91 Å². The number of carbonyl (C=O) groups is 2. The average molecular weight is 267 g/mol. The Morgan fingerprint density at radius 2 is 2.05 bits per heavy atom. The molecule has 0 aliphatic heterocycles. The van der Waals surface area contributed by atoms with Crippen LogP contribution in [0.25, 0.3) is 0 Å². The first-order valence-electron chi connectivity index (χ1n) is 5.42. The molecule has 0 atom stereocenters. The van der Waals surface area contributed by atoms with E-state index >= 15 is 0 Å². The lowest BCUT2D eigenvalue weighted by Crippen LogP contribution is -2.26. The Hall–Kier alpha value is -2.64. The summed E-state index contributed by atoms with van der Waals surface area (Å²) in [6.45, 7) is 1.98. The van der Waals surface area contributed by atoms with Crippen LogP contribution >= 0.6 is 0 Å². The van der Waals surface area contributed by atoms with E-state index in [0.717, 1.165) is 6.07 Å². The summed E-state index contributed by atoms with van der Waals surface area (Å²) >= 11 is 0. The molecule has 0 spiro atoms. The van der Waals surface area contributed by atoms with Crippen molar-refractivity contribution in [3.8, 4) is 0 Å². The summed E-state index contributed by atoms with van der Waals surface area (Å²) in [5.41, 5.74) is -0.262. The summed E-state index contributed by atoms with van der Waals surface area (Å²) < 4.78 is 0. The van der Waals surface area contributed by atoms with Crippen molar-refractivity contribution in [1.82, 2.24) is 5.32 Å². The van der Waals surface area contributed by atoms with Crippen LogP contribution < -0.4 is 10.6 Å². The van der Waals surface area contributed by atoms with E-state index in [4.69, 9.17) is 5.11 Å². The Morgan fingerprint density at radius 1 is 1.37 bits per heavy atom. The van der Waals surface area contributed by atoms with Gasteiger partial charge in [0.05, 0.1) is 10.5 Å². The summed E-state index contributed by atoms with van der Waals surface area (Å²) in [5, 5.41) is 24.9. The van der Waals surface area contributed by atoms with Crippen molar-refractivity contribution in [2.45, 2.75) is 6.92 Å². The van der Waals surface area contributed by atoms with Crippen molar-refractivity contribution in [3.63, 3.8) is 0 Å². The second-order valence-corrected chi connectivity index (χ2v) is 3.70. The molecule has 0 bridgehead atoms. The molecule has 0 aliphatic carbocycles. The minimum Gasteiger partial charge on any atom is -0.478 e. The fourth-order valence-electron chi connectivity index (χ4n) is 1.40. The average Bonchev–Trinajstić information content (AvgIpc) is 2.34. The van der Waals surface area contributed by atoms with Crippen LogP contribution in [0.15, 0.2) is 18.2 Å². The monoisotopic (exact) mass is 267 g/mol. The fraction of sp³-hybridized carbons (Fsp3) is 0.273. The number of carboxylic acids is 1. The number of anilines is 1. The zero-order chi connectivity index (χ0) is 14.4. The first-order valence-corrected chi connectivity index (χ1v) is 5.42. The number of nitrogens with one attached hydrogen (secondary N) is 2. The molecule has 8 nitrogen and oxygen atoms in total. The molecule has 0 aromatic heterocycles. The maximum absolute atomic E-state index is 10.8.